The SMILES string of the molecule is N#CN1C(=O)C(=O)c2cc(Cc3ccccc3)ccc21. The van der Waals surface area contributed by atoms with Crippen molar-refractivity contribution in [3.8, 4) is 6.19 Å². The van der Waals surface area contributed by atoms with E-state index in [0.29, 0.717) is 17.7 Å². The Bertz CT molecular complexity index is 745. The molecule has 1 amide bonds. The average Bonchev–Trinajstić information content (AvgIpc) is 2.72. The molecule has 4 heteroatoms. The zero-order valence-corrected chi connectivity index (χ0v) is 10.5. The molecule has 1 aliphatic heterocycles. The maximum atomic E-state index is 11.8. The molecule has 2 aromatic carbocycles. The van der Waals surface area contributed by atoms with Gasteiger partial charge < -0.3 is 0 Å². The van der Waals surface area contributed by atoms with E-state index in [-0.39, 0.29) is 0 Å². The van der Waals surface area contributed by atoms with E-state index in [1.807, 2.05) is 36.4 Å². The van der Waals surface area contributed by atoms with Gasteiger partial charge in [-0.25, -0.2) is 4.90 Å². The lowest BCUT2D eigenvalue weighted by atomic mass is 10.0. The van der Waals surface area contributed by atoms with E-state index >= 15 is 0 Å². The van der Waals surface area contributed by atoms with Gasteiger partial charge in [0.1, 0.15) is 0 Å². The summed E-state index contributed by atoms with van der Waals surface area (Å²) in [7, 11) is 0. The lowest BCUT2D eigenvalue weighted by molar-refractivity contribution is -0.113. The number of nitriles is 1. The molecule has 0 unspecified atom stereocenters. The van der Waals surface area contributed by atoms with Gasteiger partial charge in [0.05, 0.1) is 11.3 Å². The van der Waals surface area contributed by atoms with Crippen molar-refractivity contribution < 1.29 is 9.59 Å². The highest BCUT2D eigenvalue weighted by molar-refractivity contribution is 6.52. The molecule has 0 saturated carbocycles. The topological polar surface area (TPSA) is 61.2 Å². The number of Topliss-reactive ketones (excluding diaryl/α,β-unsaturated/α-hetero) is 1. The van der Waals surface area contributed by atoms with Crippen LogP contribution in [0.1, 0.15) is 21.5 Å². The first kappa shape index (κ1) is 12.1. The molecule has 0 fully saturated rings. The van der Waals surface area contributed by atoms with Crippen LogP contribution in [0.5, 0.6) is 0 Å². The Morgan fingerprint density at radius 2 is 1.75 bits per heavy atom. The van der Waals surface area contributed by atoms with Crippen LogP contribution >= 0.6 is 0 Å². The number of carbonyl (C=O) groups excluding carboxylic acids is 2. The standard InChI is InChI=1S/C16H10N2O2/c17-10-18-14-7-6-12(8-11-4-2-1-3-5-11)9-13(14)15(19)16(18)20/h1-7,9H,8H2. The third-order valence-corrected chi connectivity index (χ3v) is 3.29. The molecule has 1 aliphatic rings. The number of ketones is 1. The molecule has 4 nitrogen and oxygen atoms in total. The van der Waals surface area contributed by atoms with Crippen molar-refractivity contribution in [2.45, 2.75) is 6.42 Å². The van der Waals surface area contributed by atoms with Gasteiger partial charge in [-0.05, 0) is 29.7 Å². The number of amides is 1. The third-order valence-electron chi connectivity index (χ3n) is 3.29. The van der Waals surface area contributed by atoms with Crippen LogP contribution in [0.3, 0.4) is 0 Å². The first-order valence-corrected chi connectivity index (χ1v) is 6.16. The number of nitrogens with zero attached hydrogens (tertiary/aromatic N) is 2. The molecule has 0 saturated heterocycles. The maximum absolute atomic E-state index is 11.8. The number of rotatable bonds is 2. The summed E-state index contributed by atoms with van der Waals surface area (Å²) >= 11 is 0. The largest absolute Gasteiger partial charge is 0.312 e. The first-order chi connectivity index (χ1) is 9.70. The minimum atomic E-state index is -0.778. The molecule has 0 aliphatic carbocycles. The number of carbonyl (C=O) groups is 2. The molecule has 0 bridgehead atoms. The van der Waals surface area contributed by atoms with Crippen LogP contribution in [0.15, 0.2) is 48.5 Å². The fourth-order valence-electron chi connectivity index (χ4n) is 2.33. The average molecular weight is 262 g/mol. The van der Waals surface area contributed by atoms with E-state index in [0.717, 1.165) is 16.0 Å². The van der Waals surface area contributed by atoms with Crippen LogP contribution in [-0.2, 0) is 11.2 Å². The van der Waals surface area contributed by atoms with Crippen LogP contribution in [0.25, 0.3) is 0 Å². The number of fused-ring (bicyclic) bond motifs is 1. The van der Waals surface area contributed by atoms with Crippen molar-refractivity contribution in [2.75, 3.05) is 4.90 Å². The predicted octanol–water partition coefficient (Wildman–Crippen LogP) is 2.29. The van der Waals surface area contributed by atoms with Crippen molar-refractivity contribution >= 4 is 17.4 Å². The van der Waals surface area contributed by atoms with Gasteiger partial charge in [0.15, 0.2) is 6.19 Å². The summed E-state index contributed by atoms with van der Waals surface area (Å²) in [4.78, 5) is 24.3. The second-order valence-corrected chi connectivity index (χ2v) is 4.58. The monoisotopic (exact) mass is 262 g/mol. The van der Waals surface area contributed by atoms with Crippen LogP contribution in [0.4, 0.5) is 5.69 Å². The first-order valence-electron chi connectivity index (χ1n) is 6.16. The minimum absolute atomic E-state index is 0.310. The molecular weight excluding hydrogens is 252 g/mol. The van der Waals surface area contributed by atoms with Gasteiger partial charge in [0, 0.05) is 0 Å². The molecule has 3 rings (SSSR count). The van der Waals surface area contributed by atoms with E-state index in [4.69, 9.17) is 5.26 Å². The van der Waals surface area contributed by atoms with Gasteiger partial charge in [-0.15, -0.1) is 0 Å². The van der Waals surface area contributed by atoms with Gasteiger partial charge in [0.25, 0.3) is 5.78 Å². The van der Waals surface area contributed by atoms with Crippen molar-refractivity contribution in [3.63, 3.8) is 0 Å². The zero-order valence-electron chi connectivity index (χ0n) is 10.5. The van der Waals surface area contributed by atoms with E-state index in [9.17, 15) is 9.59 Å². The highest BCUT2D eigenvalue weighted by Crippen LogP contribution is 2.29. The predicted molar refractivity (Wildman–Crippen MR) is 73.1 cm³/mol. The number of benzene rings is 2. The minimum Gasteiger partial charge on any atom is -0.283 e. The van der Waals surface area contributed by atoms with E-state index < -0.39 is 11.7 Å². The van der Waals surface area contributed by atoms with Crippen LogP contribution in [0, 0.1) is 11.5 Å². The van der Waals surface area contributed by atoms with Crippen molar-refractivity contribution in [1.82, 2.24) is 0 Å². The Labute approximate surface area is 115 Å². The third kappa shape index (κ3) is 1.86. The fraction of sp³-hybridized carbons (Fsp3) is 0.0625. The van der Waals surface area contributed by atoms with E-state index in [1.54, 1.807) is 18.3 Å². The number of hydrogen-bond donors (Lipinski definition) is 0. The highest BCUT2D eigenvalue weighted by atomic mass is 16.2. The van der Waals surface area contributed by atoms with E-state index in [1.165, 1.54) is 0 Å². The molecule has 0 N–H and O–H groups in total. The van der Waals surface area contributed by atoms with Gasteiger partial charge in [-0.1, -0.05) is 36.4 Å². The maximum Gasteiger partial charge on any atom is 0.312 e. The molecule has 96 valence electrons. The van der Waals surface area contributed by atoms with Gasteiger partial charge in [-0.2, -0.15) is 5.26 Å². The molecule has 20 heavy (non-hydrogen) atoms. The smallest absolute Gasteiger partial charge is 0.283 e. The Hall–Kier alpha value is -2.93. The molecule has 0 atom stereocenters. The summed E-state index contributed by atoms with van der Waals surface area (Å²) in [6.45, 7) is 0. The lowest BCUT2D eigenvalue weighted by Crippen LogP contribution is -2.24. The Kier molecular flexibility index (Phi) is 2.81. The second-order valence-electron chi connectivity index (χ2n) is 4.58. The number of anilines is 1. The summed E-state index contributed by atoms with van der Waals surface area (Å²) < 4.78 is 0. The molecule has 1 heterocycles. The van der Waals surface area contributed by atoms with Gasteiger partial charge >= 0.3 is 5.91 Å². The lowest BCUT2D eigenvalue weighted by Gasteiger charge is -2.06. The fourth-order valence-corrected chi connectivity index (χ4v) is 2.33. The Balaban J connectivity index is 1.98. The summed E-state index contributed by atoms with van der Waals surface area (Å²) in [6, 6.07) is 15.0. The van der Waals surface area contributed by atoms with Crippen LogP contribution in [-0.4, -0.2) is 11.7 Å². The van der Waals surface area contributed by atoms with Crippen molar-refractivity contribution in [2.24, 2.45) is 0 Å². The molecule has 0 aromatic heterocycles. The van der Waals surface area contributed by atoms with Crippen LogP contribution in [0.2, 0.25) is 0 Å². The van der Waals surface area contributed by atoms with Crippen molar-refractivity contribution in [3.05, 3.63) is 65.2 Å². The second kappa shape index (κ2) is 4.63. The normalized spacial score (nSPS) is 13.2. The quantitative estimate of drug-likeness (QED) is 0.616. The van der Waals surface area contributed by atoms with Gasteiger partial charge in [0.2, 0.25) is 0 Å². The van der Waals surface area contributed by atoms with Crippen LogP contribution < -0.4 is 4.90 Å². The summed E-state index contributed by atoms with van der Waals surface area (Å²) in [5.74, 6) is -1.39. The molecule has 2 aromatic rings. The molecule has 0 spiro atoms. The summed E-state index contributed by atoms with van der Waals surface area (Å²) in [5.41, 5.74) is 2.75. The summed E-state index contributed by atoms with van der Waals surface area (Å²) in [5, 5.41) is 8.91. The van der Waals surface area contributed by atoms with Crippen molar-refractivity contribution in [1.29, 1.82) is 5.26 Å². The Morgan fingerprint density at radius 3 is 2.45 bits per heavy atom. The number of hydrogen-bond acceptors (Lipinski definition) is 3. The van der Waals surface area contributed by atoms with Gasteiger partial charge in [-0.3, -0.25) is 9.59 Å². The van der Waals surface area contributed by atoms with E-state index in [2.05, 4.69) is 0 Å². The Morgan fingerprint density at radius 1 is 1.00 bits per heavy atom. The highest BCUT2D eigenvalue weighted by Gasteiger charge is 2.36. The zero-order chi connectivity index (χ0) is 14.1. The molecular formula is C16H10N2O2. The summed E-state index contributed by atoms with van der Waals surface area (Å²) in [6.07, 6.45) is 2.42. The molecule has 0 radical (unpaired) electrons.